The molecule has 0 bridgehead atoms. The van der Waals surface area contributed by atoms with Gasteiger partial charge in [0.05, 0.1) is 22.6 Å². The first kappa shape index (κ1) is 13.4. The minimum atomic E-state index is -0.592. The second kappa shape index (κ2) is 5.32. The van der Waals surface area contributed by atoms with E-state index in [0.29, 0.717) is 5.39 Å². The fourth-order valence-corrected chi connectivity index (χ4v) is 1.77. The Labute approximate surface area is 113 Å². The molecule has 0 aliphatic heterocycles. The van der Waals surface area contributed by atoms with Crippen LogP contribution >= 0.6 is 0 Å². The van der Waals surface area contributed by atoms with Gasteiger partial charge in [0, 0.05) is 17.5 Å². The molecule has 2 rings (SSSR count). The van der Waals surface area contributed by atoms with Gasteiger partial charge in [-0.2, -0.15) is 5.26 Å². The van der Waals surface area contributed by atoms with Crippen molar-refractivity contribution < 1.29 is 14.5 Å². The van der Waals surface area contributed by atoms with Gasteiger partial charge in [0.15, 0.2) is 0 Å². The van der Waals surface area contributed by atoms with Gasteiger partial charge in [-0.05, 0) is 19.1 Å². The van der Waals surface area contributed by atoms with E-state index in [9.17, 15) is 14.9 Å². The van der Waals surface area contributed by atoms with Crippen LogP contribution in [0.1, 0.15) is 23.0 Å². The topological polar surface area (TPSA) is 106 Å². The van der Waals surface area contributed by atoms with Crippen molar-refractivity contribution in [2.24, 2.45) is 0 Å². The smallest absolute Gasteiger partial charge is 0.338 e. The molecule has 0 radical (unpaired) electrons. The minimum Gasteiger partial charge on any atom is -0.462 e. The summed E-state index contributed by atoms with van der Waals surface area (Å²) >= 11 is 0. The molecule has 0 N–H and O–H groups in total. The number of nitriles is 1. The Morgan fingerprint density at radius 3 is 2.85 bits per heavy atom. The highest BCUT2D eigenvalue weighted by Crippen LogP contribution is 2.23. The van der Waals surface area contributed by atoms with Crippen molar-refractivity contribution in [2.75, 3.05) is 6.61 Å². The summed E-state index contributed by atoms with van der Waals surface area (Å²) in [4.78, 5) is 26.0. The number of hydrogen-bond acceptors (Lipinski definition) is 6. The molecule has 2 aromatic rings. The SMILES string of the molecule is CCOC(=O)c1cc(C#N)nc2cc([N+](=O)[O-])ccc12. The fraction of sp³-hybridized carbons (Fsp3) is 0.154. The van der Waals surface area contributed by atoms with Crippen molar-refractivity contribution in [2.45, 2.75) is 6.92 Å². The van der Waals surface area contributed by atoms with Crippen LogP contribution < -0.4 is 0 Å². The van der Waals surface area contributed by atoms with E-state index in [4.69, 9.17) is 10.00 Å². The van der Waals surface area contributed by atoms with E-state index in [1.54, 1.807) is 6.92 Å². The van der Waals surface area contributed by atoms with Gasteiger partial charge in [0.2, 0.25) is 0 Å². The van der Waals surface area contributed by atoms with Crippen LogP contribution in [0.2, 0.25) is 0 Å². The average molecular weight is 271 g/mol. The third-order valence-corrected chi connectivity index (χ3v) is 2.61. The molecule has 0 spiro atoms. The molecule has 0 fully saturated rings. The van der Waals surface area contributed by atoms with Crippen LogP contribution in [-0.4, -0.2) is 22.5 Å². The van der Waals surface area contributed by atoms with Gasteiger partial charge in [-0.3, -0.25) is 10.1 Å². The fourth-order valence-electron chi connectivity index (χ4n) is 1.77. The van der Waals surface area contributed by atoms with E-state index in [0.717, 1.165) is 0 Å². The number of ether oxygens (including phenoxy) is 1. The summed E-state index contributed by atoms with van der Waals surface area (Å²) in [5.41, 5.74) is 0.223. The van der Waals surface area contributed by atoms with Gasteiger partial charge in [-0.1, -0.05) is 0 Å². The van der Waals surface area contributed by atoms with E-state index >= 15 is 0 Å². The van der Waals surface area contributed by atoms with E-state index in [1.165, 1.54) is 24.3 Å². The molecule has 7 heteroatoms. The zero-order chi connectivity index (χ0) is 14.7. The van der Waals surface area contributed by atoms with Crippen molar-refractivity contribution in [1.29, 1.82) is 5.26 Å². The molecule has 0 amide bonds. The van der Waals surface area contributed by atoms with E-state index < -0.39 is 10.9 Å². The maximum absolute atomic E-state index is 11.9. The average Bonchev–Trinajstić information content (AvgIpc) is 2.45. The first-order chi connectivity index (χ1) is 9.56. The first-order valence-corrected chi connectivity index (χ1v) is 5.73. The molecule has 0 aliphatic carbocycles. The summed E-state index contributed by atoms with van der Waals surface area (Å²) in [6.07, 6.45) is 0. The Hall–Kier alpha value is -3.01. The van der Waals surface area contributed by atoms with Gasteiger partial charge in [-0.15, -0.1) is 0 Å². The second-order valence-electron chi connectivity index (χ2n) is 3.85. The highest BCUT2D eigenvalue weighted by molar-refractivity contribution is 6.04. The van der Waals surface area contributed by atoms with E-state index in [-0.39, 0.29) is 29.1 Å². The second-order valence-corrected chi connectivity index (χ2v) is 3.85. The predicted molar refractivity (Wildman–Crippen MR) is 69.1 cm³/mol. The molecule has 1 aromatic carbocycles. The highest BCUT2D eigenvalue weighted by atomic mass is 16.6. The molecular formula is C13H9N3O4. The number of nitro benzene ring substituents is 1. The normalized spacial score (nSPS) is 10.0. The van der Waals surface area contributed by atoms with Crippen molar-refractivity contribution >= 4 is 22.6 Å². The largest absolute Gasteiger partial charge is 0.462 e. The van der Waals surface area contributed by atoms with Crippen LogP contribution in [-0.2, 0) is 4.74 Å². The molecule has 7 nitrogen and oxygen atoms in total. The van der Waals surface area contributed by atoms with Gasteiger partial charge in [-0.25, -0.2) is 9.78 Å². The van der Waals surface area contributed by atoms with Gasteiger partial charge >= 0.3 is 5.97 Å². The number of aromatic nitrogens is 1. The third kappa shape index (κ3) is 2.40. The monoisotopic (exact) mass is 271 g/mol. The number of carbonyl (C=O) groups is 1. The van der Waals surface area contributed by atoms with E-state index in [2.05, 4.69) is 4.98 Å². The van der Waals surface area contributed by atoms with Crippen LogP contribution in [0, 0.1) is 21.4 Å². The Morgan fingerprint density at radius 1 is 1.50 bits per heavy atom. The van der Waals surface area contributed by atoms with Crippen LogP contribution in [0.4, 0.5) is 5.69 Å². The number of esters is 1. The molecular weight excluding hydrogens is 262 g/mol. The van der Waals surface area contributed by atoms with Crippen molar-refractivity contribution in [1.82, 2.24) is 4.98 Å². The number of pyridine rings is 1. The number of fused-ring (bicyclic) bond motifs is 1. The molecule has 0 unspecified atom stereocenters. The van der Waals surface area contributed by atoms with Crippen LogP contribution in [0.25, 0.3) is 10.9 Å². The third-order valence-electron chi connectivity index (χ3n) is 2.61. The summed E-state index contributed by atoms with van der Waals surface area (Å²) in [6, 6.07) is 7.05. The number of nitrogens with zero attached hydrogens (tertiary/aromatic N) is 3. The number of rotatable bonds is 3. The summed E-state index contributed by atoms with van der Waals surface area (Å²) in [6.45, 7) is 1.86. The van der Waals surface area contributed by atoms with E-state index in [1.807, 2.05) is 6.07 Å². The predicted octanol–water partition coefficient (Wildman–Crippen LogP) is 2.19. The summed E-state index contributed by atoms with van der Waals surface area (Å²) in [7, 11) is 0. The highest BCUT2D eigenvalue weighted by Gasteiger charge is 2.16. The summed E-state index contributed by atoms with van der Waals surface area (Å²) in [5.74, 6) is -0.592. The summed E-state index contributed by atoms with van der Waals surface area (Å²) < 4.78 is 4.90. The molecule has 0 aliphatic rings. The zero-order valence-electron chi connectivity index (χ0n) is 10.5. The van der Waals surface area contributed by atoms with Gasteiger partial charge in [0.25, 0.3) is 5.69 Å². The summed E-state index contributed by atoms with van der Waals surface area (Å²) in [5, 5.41) is 20.1. The number of non-ortho nitro benzene ring substituents is 1. The first-order valence-electron chi connectivity index (χ1n) is 5.73. The van der Waals surface area contributed by atoms with Crippen molar-refractivity contribution in [3.05, 3.63) is 45.6 Å². The lowest BCUT2D eigenvalue weighted by Gasteiger charge is -2.06. The Bertz CT molecular complexity index is 749. The Morgan fingerprint density at radius 2 is 2.25 bits per heavy atom. The van der Waals surface area contributed by atoms with Crippen molar-refractivity contribution in [3.63, 3.8) is 0 Å². The van der Waals surface area contributed by atoms with Crippen LogP contribution in [0.5, 0.6) is 0 Å². The minimum absolute atomic E-state index is 0.000973. The maximum Gasteiger partial charge on any atom is 0.338 e. The Kier molecular flexibility index (Phi) is 3.57. The lowest BCUT2D eigenvalue weighted by molar-refractivity contribution is -0.384. The molecule has 1 heterocycles. The molecule has 1 aromatic heterocycles. The Balaban J connectivity index is 2.71. The lowest BCUT2D eigenvalue weighted by Crippen LogP contribution is -2.07. The molecule has 0 saturated carbocycles. The van der Waals surface area contributed by atoms with Crippen LogP contribution in [0.3, 0.4) is 0 Å². The lowest BCUT2D eigenvalue weighted by atomic mass is 10.1. The quantitative estimate of drug-likeness (QED) is 0.481. The maximum atomic E-state index is 11.9. The van der Waals surface area contributed by atoms with Crippen molar-refractivity contribution in [3.8, 4) is 6.07 Å². The van der Waals surface area contributed by atoms with Gasteiger partial charge in [0.1, 0.15) is 11.8 Å². The molecule has 0 saturated heterocycles. The number of nitro groups is 1. The number of hydrogen-bond donors (Lipinski definition) is 0. The molecule has 0 atom stereocenters. The number of benzene rings is 1. The zero-order valence-corrected chi connectivity index (χ0v) is 10.5. The standard InChI is InChI=1S/C13H9N3O4/c1-2-20-13(17)11-5-8(7-14)15-12-6-9(16(18)19)3-4-10(11)12/h3-6H,2H2,1H3. The molecule has 100 valence electrons. The number of carbonyl (C=O) groups excluding carboxylic acids is 1. The van der Waals surface area contributed by atoms with Gasteiger partial charge < -0.3 is 4.74 Å². The van der Waals surface area contributed by atoms with Crippen LogP contribution in [0.15, 0.2) is 24.3 Å². The molecule has 20 heavy (non-hydrogen) atoms.